The van der Waals surface area contributed by atoms with Crippen molar-refractivity contribution in [2.45, 2.75) is 101 Å². The van der Waals surface area contributed by atoms with Crippen LogP contribution in [0.4, 0.5) is 9.18 Å². The third-order valence-electron chi connectivity index (χ3n) is 11.5. The first-order valence-corrected chi connectivity index (χ1v) is 23.2. The fourth-order valence-corrected chi connectivity index (χ4v) is 7.45. The highest BCUT2D eigenvalue weighted by Crippen LogP contribution is 2.19. The summed E-state index contributed by atoms with van der Waals surface area (Å²) >= 11 is 0. The fraction of sp³-hybridized carbons (Fsp3) is 0.360. The molecule has 0 radical (unpaired) electrons. The third-order valence-corrected chi connectivity index (χ3v) is 11.5. The Balaban J connectivity index is 1.38. The van der Waals surface area contributed by atoms with Gasteiger partial charge in [-0.2, -0.15) is 4.39 Å². The number of fused-ring (bicyclic) bond motifs is 1. The Morgan fingerprint density at radius 2 is 1.08 bits per heavy atom. The van der Waals surface area contributed by atoms with Crippen LogP contribution in [0.1, 0.15) is 96.1 Å². The first kappa shape index (κ1) is 57.7. The molecular formula is C50H56FN7O16. The minimum atomic E-state index is -1.58. The molecule has 3 aromatic carbocycles. The van der Waals surface area contributed by atoms with Gasteiger partial charge in [0.1, 0.15) is 18.1 Å². The van der Waals surface area contributed by atoms with E-state index in [9.17, 15) is 77.6 Å². The summed E-state index contributed by atoms with van der Waals surface area (Å²) in [4.78, 5) is 140. The highest BCUT2D eigenvalue weighted by molar-refractivity contribution is 5.99. The van der Waals surface area contributed by atoms with Crippen molar-refractivity contribution in [2.75, 3.05) is 6.54 Å². The normalized spacial score (nSPS) is 12.9. The lowest BCUT2D eigenvalue weighted by atomic mass is 9.91. The third kappa shape index (κ3) is 19.8. The summed E-state index contributed by atoms with van der Waals surface area (Å²) in [5.41, 5.74) is 1.19. The number of halogens is 1. The average molecular weight is 1030 g/mol. The molecule has 0 saturated carbocycles. The Morgan fingerprint density at radius 1 is 0.527 bits per heavy atom. The van der Waals surface area contributed by atoms with Crippen molar-refractivity contribution in [1.82, 2.24) is 36.9 Å². The van der Waals surface area contributed by atoms with Crippen LogP contribution in [0.2, 0.25) is 0 Å². The topological polar surface area (TPSA) is 374 Å². The molecule has 4 aromatic rings. The number of carbonyl (C=O) groups is 11. The summed E-state index contributed by atoms with van der Waals surface area (Å²) in [6, 6.07) is 14.3. The van der Waals surface area contributed by atoms with E-state index in [1.165, 1.54) is 24.3 Å². The largest absolute Gasteiger partial charge is 0.481 e. The lowest BCUT2D eigenvalue weighted by Gasteiger charge is -2.21. The second kappa shape index (κ2) is 28.9. The molecule has 5 atom stereocenters. The molecule has 1 heterocycles. The quantitative estimate of drug-likeness (QED) is 0.0255. The summed E-state index contributed by atoms with van der Waals surface area (Å²) in [5.74, 6) is -12.4. The van der Waals surface area contributed by atoms with Crippen molar-refractivity contribution in [2.24, 2.45) is 5.92 Å². The fourth-order valence-electron chi connectivity index (χ4n) is 7.45. The molecule has 0 spiro atoms. The summed E-state index contributed by atoms with van der Waals surface area (Å²) < 4.78 is 13.3. The molecule has 23 nitrogen and oxygen atoms in total. The van der Waals surface area contributed by atoms with Crippen LogP contribution < -0.4 is 31.9 Å². The Kier molecular flexibility index (Phi) is 22.5. The molecule has 0 saturated heterocycles. The molecular weight excluding hydrogens is 973 g/mol. The molecule has 0 unspecified atom stereocenters. The summed E-state index contributed by atoms with van der Waals surface area (Å²) in [7, 11) is 0. The highest BCUT2D eigenvalue weighted by Gasteiger charge is 2.30. The van der Waals surface area contributed by atoms with Crippen LogP contribution >= 0.6 is 0 Å². The van der Waals surface area contributed by atoms with E-state index in [4.69, 9.17) is 5.11 Å². The van der Waals surface area contributed by atoms with Crippen molar-refractivity contribution in [3.05, 3.63) is 113 Å². The van der Waals surface area contributed by atoms with E-state index in [-0.39, 0.29) is 62.7 Å². The number of unbranched alkanes of at least 4 members (excludes halogenated alkanes) is 1. The molecule has 394 valence electrons. The number of amides is 6. The predicted molar refractivity (Wildman–Crippen MR) is 258 cm³/mol. The van der Waals surface area contributed by atoms with Gasteiger partial charge in [0.15, 0.2) is 5.78 Å². The van der Waals surface area contributed by atoms with Crippen LogP contribution in [0.3, 0.4) is 0 Å². The molecule has 0 aliphatic heterocycles. The van der Waals surface area contributed by atoms with E-state index in [1.54, 1.807) is 0 Å². The minimum absolute atomic E-state index is 0.0286. The second-order valence-electron chi connectivity index (χ2n) is 17.1. The maximum atomic E-state index is 13.7. The van der Waals surface area contributed by atoms with Crippen LogP contribution in [0.25, 0.3) is 10.8 Å². The number of aromatic nitrogens is 1. The van der Waals surface area contributed by atoms with Crippen molar-refractivity contribution in [3.63, 3.8) is 0 Å². The maximum Gasteiger partial charge on any atom is 0.326 e. The number of Topliss-reactive ketones (excluding diaryl/α,β-unsaturated/α-hetero) is 1. The molecule has 0 bridgehead atoms. The zero-order valence-electron chi connectivity index (χ0n) is 39.7. The summed E-state index contributed by atoms with van der Waals surface area (Å²) in [6.45, 7) is -0.112. The Labute approximate surface area is 421 Å². The molecule has 1 aromatic heterocycles. The monoisotopic (exact) mass is 1030 g/mol. The molecule has 24 heteroatoms. The predicted octanol–water partition coefficient (Wildman–Crippen LogP) is 2.79. The van der Waals surface area contributed by atoms with E-state index in [1.807, 2.05) is 42.5 Å². The number of urea groups is 1. The van der Waals surface area contributed by atoms with Gasteiger partial charge in [-0.25, -0.2) is 19.4 Å². The minimum Gasteiger partial charge on any atom is -0.481 e. The van der Waals surface area contributed by atoms with Gasteiger partial charge < -0.3 is 57.4 Å². The number of hydrogen-bond donors (Lipinski definition) is 11. The van der Waals surface area contributed by atoms with Crippen LogP contribution in [0, 0.1) is 11.9 Å². The van der Waals surface area contributed by atoms with Gasteiger partial charge in [0.05, 0.1) is 11.6 Å². The van der Waals surface area contributed by atoms with E-state index >= 15 is 0 Å². The van der Waals surface area contributed by atoms with Gasteiger partial charge in [-0.3, -0.25) is 38.4 Å². The number of carboxylic acids is 5. The lowest BCUT2D eigenvalue weighted by Crippen LogP contribution is -2.51. The van der Waals surface area contributed by atoms with Gasteiger partial charge in [0, 0.05) is 62.9 Å². The van der Waals surface area contributed by atoms with Gasteiger partial charge in [-0.1, -0.05) is 54.6 Å². The van der Waals surface area contributed by atoms with E-state index in [0.717, 1.165) is 29.1 Å². The van der Waals surface area contributed by atoms with Crippen molar-refractivity contribution in [1.29, 1.82) is 0 Å². The molecule has 0 aliphatic carbocycles. The van der Waals surface area contributed by atoms with Crippen molar-refractivity contribution < 1.29 is 82.7 Å². The molecule has 0 fully saturated rings. The van der Waals surface area contributed by atoms with Crippen LogP contribution in [-0.2, 0) is 51.3 Å². The number of benzene rings is 3. The molecule has 74 heavy (non-hydrogen) atoms. The van der Waals surface area contributed by atoms with Gasteiger partial charge in [-0.15, -0.1) is 0 Å². The number of nitrogens with zero attached hydrogens (tertiary/aromatic N) is 1. The number of ketones is 1. The van der Waals surface area contributed by atoms with Crippen LogP contribution in [-0.4, -0.2) is 127 Å². The smallest absolute Gasteiger partial charge is 0.326 e. The van der Waals surface area contributed by atoms with Crippen LogP contribution in [0.5, 0.6) is 0 Å². The maximum absolute atomic E-state index is 13.7. The summed E-state index contributed by atoms with van der Waals surface area (Å²) in [6.07, 6.45) is -2.01. The van der Waals surface area contributed by atoms with E-state index < -0.39 is 133 Å². The number of aliphatic carboxylic acids is 5. The standard InChI is InChI=1S/C50H56FN7O16/c51-40-18-14-34(27-53-40)46(68)55-35(16-20-42(62)63)39(59)25-33(15-19-41(60)61)44(66)54-26-28-8-12-31(13-9-28)45(67)56-38(24-29-10-11-30-5-1-2-6-32(30)23-29)47(69)52-22-4-3-7-36(48(70)71)57-50(74)58-37(49(72)73)17-21-43(64)65/h1-2,5-6,8-14,18,23,27,33,35-38H,3-4,7,15-17,19-22,24-26H2,(H,52,69)(H,54,66)(H,55,68)(H,56,67)(H,60,61)(H,62,63)(H,64,65)(H,70,71)(H,72,73)(H2,57,58,74)/t33-,35+,36+,37+,38+/m1/s1/i51-1. The zero-order chi connectivity index (χ0) is 54.3. The Morgan fingerprint density at radius 3 is 1.69 bits per heavy atom. The number of hydrogen-bond acceptors (Lipinski definition) is 12. The molecule has 11 N–H and O–H groups in total. The zero-order valence-corrected chi connectivity index (χ0v) is 39.7. The number of carbonyl (C=O) groups excluding carboxylic acids is 6. The number of carboxylic acid groups (broad SMARTS) is 5. The Hall–Kier alpha value is -8.83. The van der Waals surface area contributed by atoms with Crippen molar-refractivity contribution >= 4 is 76.1 Å². The lowest BCUT2D eigenvalue weighted by molar-refractivity contribution is -0.141. The van der Waals surface area contributed by atoms with Crippen LogP contribution in [0.15, 0.2) is 85.1 Å². The van der Waals surface area contributed by atoms with Gasteiger partial charge in [0.2, 0.25) is 17.8 Å². The van der Waals surface area contributed by atoms with Crippen molar-refractivity contribution in [3.8, 4) is 0 Å². The molecule has 4 rings (SSSR count). The number of pyridine rings is 1. The highest BCUT2D eigenvalue weighted by atomic mass is 18.2. The average Bonchev–Trinajstić information content (AvgIpc) is 3.35. The molecule has 6 amide bonds. The van der Waals surface area contributed by atoms with E-state index in [2.05, 4.69) is 36.9 Å². The first-order valence-electron chi connectivity index (χ1n) is 23.2. The second-order valence-corrected chi connectivity index (χ2v) is 17.1. The molecule has 0 aliphatic rings. The SMILES string of the molecule is O=C(O)CC[C@H](CC(=O)[C@H](CCC(=O)O)NC(=O)c1ccc([18F])nc1)C(=O)NCc1ccc(C(=O)N[C@@H](Cc2ccc3ccccc3c2)C(=O)NCCCC[C@H](NC(=O)N[C@@H](CCC(=O)O)C(=O)O)C(=O)O)cc1. The number of rotatable bonds is 31. The van der Waals surface area contributed by atoms with Gasteiger partial charge in [0.25, 0.3) is 11.8 Å². The Bertz CT molecular complexity index is 2690. The number of nitrogens with one attached hydrogen (secondary N) is 6. The van der Waals surface area contributed by atoms with E-state index in [0.29, 0.717) is 11.1 Å². The van der Waals surface area contributed by atoms with Gasteiger partial charge in [-0.05, 0) is 84.7 Å². The summed E-state index contributed by atoms with van der Waals surface area (Å²) in [5, 5.41) is 63.0. The first-order chi connectivity index (χ1) is 35.2. The van der Waals surface area contributed by atoms with Gasteiger partial charge >= 0.3 is 35.9 Å².